The predicted octanol–water partition coefficient (Wildman–Crippen LogP) is 7.12. The maximum atomic E-state index is 2.83. The van der Waals surface area contributed by atoms with E-state index in [1.54, 1.807) is 22.3 Å². The first-order chi connectivity index (χ1) is 10.7. The first-order valence-electron chi connectivity index (χ1n) is 9.53. The fourth-order valence-corrected chi connectivity index (χ4v) is 30.9. The van der Waals surface area contributed by atoms with Crippen molar-refractivity contribution in [3.05, 3.63) is 41.0 Å². The van der Waals surface area contributed by atoms with E-state index >= 15 is 0 Å². The average Bonchev–Trinajstić information content (AvgIpc) is 3.02. The van der Waals surface area contributed by atoms with E-state index < -0.39 is 17.4 Å². The van der Waals surface area contributed by atoms with Gasteiger partial charge in [0.2, 0.25) is 0 Å². The van der Waals surface area contributed by atoms with E-state index in [2.05, 4.69) is 51.4 Å². The molecule has 0 atom stereocenters. The molecule has 0 spiro atoms. The summed E-state index contributed by atoms with van der Waals surface area (Å²) in [6.07, 6.45) is 15.0. The minimum Gasteiger partial charge on any atom is -0.147 e. The van der Waals surface area contributed by atoms with E-state index in [0.717, 1.165) is 3.63 Å². The Balaban J connectivity index is 0.00000156. The standard InChI is InChI=1S/2C7H9.C6H11.CH3.2ClH.H2Si.Zr/c2*1-6-3-4-7(2)5-6;1-2-4-6-5-3-1;;;;;/h2*5H,3H2,1-2H3;1H,2-6H2;1H3;2*1H;1H2;. The van der Waals surface area contributed by atoms with Gasteiger partial charge in [0.05, 0.1) is 0 Å². The van der Waals surface area contributed by atoms with Crippen LogP contribution >= 0.6 is 24.8 Å². The summed E-state index contributed by atoms with van der Waals surface area (Å²) in [6.45, 7) is 12.0. The molecule has 25 heavy (non-hydrogen) atoms. The molecule has 0 nitrogen and oxygen atoms in total. The van der Waals surface area contributed by atoms with Crippen molar-refractivity contribution in [3.63, 3.8) is 0 Å². The van der Waals surface area contributed by atoms with Crippen LogP contribution in [0.25, 0.3) is 0 Å². The minimum atomic E-state index is -3.13. The van der Waals surface area contributed by atoms with Gasteiger partial charge < -0.3 is 0 Å². The molecule has 0 N–H and O–H groups in total. The Labute approximate surface area is 170 Å². The fourth-order valence-electron chi connectivity index (χ4n) is 6.00. The second-order valence-corrected chi connectivity index (χ2v) is 35.3. The monoisotopic (exact) mass is 476 g/mol. The Morgan fingerprint density at radius 2 is 1.20 bits per heavy atom. The summed E-state index contributed by atoms with van der Waals surface area (Å²) in [5.41, 5.74) is 6.48. The van der Waals surface area contributed by atoms with Crippen LogP contribution in [-0.2, 0) is 17.4 Å². The van der Waals surface area contributed by atoms with Crippen molar-refractivity contribution < 1.29 is 17.4 Å². The van der Waals surface area contributed by atoms with Crippen molar-refractivity contribution in [1.29, 1.82) is 0 Å². The quantitative estimate of drug-likeness (QED) is 0.379. The van der Waals surface area contributed by atoms with Crippen LogP contribution in [0, 0.1) is 0 Å². The van der Waals surface area contributed by atoms with Gasteiger partial charge in [-0.25, -0.2) is 0 Å². The molecule has 0 saturated heterocycles. The molecule has 0 bridgehead atoms. The van der Waals surface area contributed by atoms with Crippen molar-refractivity contribution in [2.45, 2.75) is 80.9 Å². The summed E-state index contributed by atoms with van der Waals surface area (Å²) in [5.74, 6) is 0. The molecule has 3 aliphatic carbocycles. The van der Waals surface area contributed by atoms with Gasteiger partial charge in [-0.05, 0) is 0 Å². The largest absolute Gasteiger partial charge is 0.147 e. The second kappa shape index (κ2) is 8.34. The van der Waals surface area contributed by atoms with E-state index in [1.165, 1.54) is 44.9 Å². The van der Waals surface area contributed by atoms with E-state index in [9.17, 15) is 0 Å². The summed E-state index contributed by atoms with van der Waals surface area (Å²) in [7, 11) is 0. The molecule has 3 rings (SSSR count). The van der Waals surface area contributed by atoms with Crippen molar-refractivity contribution in [2.24, 2.45) is 0 Å². The van der Waals surface area contributed by atoms with Gasteiger partial charge >= 0.3 is 146 Å². The molecule has 0 aromatic heterocycles. The molecule has 1 fully saturated rings. The van der Waals surface area contributed by atoms with E-state index in [1.807, 2.05) is 6.56 Å². The van der Waals surface area contributed by atoms with Crippen LogP contribution in [0.2, 0.25) is 8.26 Å². The van der Waals surface area contributed by atoms with Gasteiger partial charge in [0.25, 0.3) is 0 Å². The Morgan fingerprint density at radius 3 is 1.52 bits per heavy atom. The molecule has 1 saturated carbocycles. The van der Waals surface area contributed by atoms with Crippen molar-refractivity contribution in [1.82, 2.24) is 0 Å². The fraction of sp³-hybridized carbons (Fsp3) is 0.619. The molecule has 0 aromatic carbocycles. The van der Waals surface area contributed by atoms with E-state index in [0.29, 0.717) is 0 Å². The zero-order valence-corrected chi connectivity index (χ0v) is 22.2. The molecule has 0 aliphatic heterocycles. The first kappa shape index (κ1) is 23.7. The predicted molar refractivity (Wildman–Crippen MR) is 118 cm³/mol. The van der Waals surface area contributed by atoms with Crippen LogP contribution in [0.3, 0.4) is 0 Å². The summed E-state index contributed by atoms with van der Waals surface area (Å²) in [6, 6.07) is 0. The molecular formula is C21H36Cl2SiZr. The van der Waals surface area contributed by atoms with Crippen LogP contribution in [0.5, 0.6) is 0 Å². The second-order valence-electron chi connectivity index (χ2n) is 9.11. The summed E-state index contributed by atoms with van der Waals surface area (Å²) in [4.78, 5) is 0. The molecule has 0 amide bonds. The van der Waals surface area contributed by atoms with Gasteiger partial charge in [-0.1, -0.05) is 0 Å². The number of rotatable bonds is 3. The molecule has 4 heteroatoms. The number of hydrogen-bond acceptors (Lipinski definition) is 0. The SMILES string of the molecule is CC1=CC(C)=[C]([Zr]([CH3])(=[SiH2])([C]2=C(C)C=C(C)C2)[CH]2CCCCC2)C1.Cl.Cl. The van der Waals surface area contributed by atoms with Crippen molar-refractivity contribution >= 4 is 31.7 Å². The minimum absolute atomic E-state index is 0. The van der Waals surface area contributed by atoms with Gasteiger partial charge in [0.1, 0.15) is 0 Å². The Hall–Kier alpha value is 0.640. The Bertz CT molecular complexity index is 685. The topological polar surface area (TPSA) is 0 Å². The number of hydrogen-bond donors (Lipinski definition) is 0. The maximum absolute atomic E-state index is 3.13. The number of allylic oxidation sites excluding steroid dienone is 8. The van der Waals surface area contributed by atoms with Gasteiger partial charge in [-0.2, -0.15) is 0 Å². The zero-order valence-electron chi connectivity index (χ0n) is 16.7. The van der Waals surface area contributed by atoms with Crippen molar-refractivity contribution in [2.75, 3.05) is 0 Å². The summed E-state index contributed by atoms with van der Waals surface area (Å²) < 4.78 is 7.71. The molecular weight excluding hydrogens is 442 g/mol. The van der Waals surface area contributed by atoms with Crippen LogP contribution in [0.15, 0.2) is 41.0 Å². The average molecular weight is 479 g/mol. The molecule has 0 radical (unpaired) electrons. The molecule has 0 heterocycles. The third-order valence-corrected chi connectivity index (χ3v) is 33.6. The molecule has 0 aromatic rings. The Morgan fingerprint density at radius 1 is 0.800 bits per heavy atom. The van der Waals surface area contributed by atoms with Gasteiger partial charge in [-0.3, -0.25) is 0 Å². The normalized spacial score (nSPS) is 22.5. The molecule has 0 unspecified atom stereocenters. The smallest absolute Gasteiger partial charge is 0.147 e. The maximum Gasteiger partial charge on any atom is -0.147 e. The molecule has 3 aliphatic rings. The zero-order chi connectivity index (χ0) is 16.9. The van der Waals surface area contributed by atoms with Gasteiger partial charge in [-0.15, -0.1) is 24.8 Å². The Kier molecular flexibility index (Phi) is 7.90. The van der Waals surface area contributed by atoms with Crippen LogP contribution in [0.4, 0.5) is 0 Å². The van der Waals surface area contributed by atoms with Gasteiger partial charge in [0.15, 0.2) is 0 Å². The van der Waals surface area contributed by atoms with Crippen LogP contribution in [0.1, 0.15) is 72.6 Å². The summed E-state index contributed by atoms with van der Waals surface area (Å²) >= 11 is -3.13. The van der Waals surface area contributed by atoms with Crippen LogP contribution < -0.4 is 0 Å². The van der Waals surface area contributed by atoms with Crippen LogP contribution in [-0.4, -0.2) is 6.88 Å². The molecule has 142 valence electrons. The van der Waals surface area contributed by atoms with E-state index in [-0.39, 0.29) is 24.8 Å². The van der Waals surface area contributed by atoms with Gasteiger partial charge in [0, 0.05) is 0 Å². The first-order valence-corrected chi connectivity index (χ1v) is 21.8. The third kappa shape index (κ3) is 3.94. The summed E-state index contributed by atoms with van der Waals surface area (Å²) in [5, 5.41) is 0. The third-order valence-electron chi connectivity index (χ3n) is 7.18. The van der Waals surface area contributed by atoms with Crippen molar-refractivity contribution in [3.8, 4) is 0 Å². The van der Waals surface area contributed by atoms with E-state index in [4.69, 9.17) is 0 Å². The number of halogens is 2.